The van der Waals surface area contributed by atoms with Crippen LogP contribution in [0.15, 0.2) is 64.1 Å². The number of aryl methyl sites for hydroxylation is 1. The molecule has 2 heterocycles. The minimum Gasteiger partial charge on any atom is -0.494 e. The molecule has 0 unspecified atom stereocenters. The lowest BCUT2D eigenvalue weighted by atomic mass is 9.96. The fourth-order valence-corrected chi connectivity index (χ4v) is 7.36. The molecule has 10 heteroatoms. The number of aromatic nitrogens is 1. The summed E-state index contributed by atoms with van der Waals surface area (Å²) < 4.78 is 40.0. The first-order chi connectivity index (χ1) is 18.3. The number of fused-ring (bicyclic) bond motifs is 1. The Balaban J connectivity index is 1.46. The van der Waals surface area contributed by atoms with Crippen molar-refractivity contribution >= 4 is 42.6 Å². The maximum Gasteiger partial charge on any atom is 0.260 e. The second-order valence-electron chi connectivity index (χ2n) is 9.57. The van der Waals surface area contributed by atoms with Gasteiger partial charge in [-0.15, -0.1) is 0 Å². The van der Waals surface area contributed by atoms with E-state index in [0.29, 0.717) is 27.7 Å². The van der Waals surface area contributed by atoms with Crippen molar-refractivity contribution < 1.29 is 22.4 Å². The fourth-order valence-electron chi connectivity index (χ4n) is 4.90. The van der Waals surface area contributed by atoms with Gasteiger partial charge in [0.2, 0.25) is 10.0 Å². The van der Waals surface area contributed by atoms with Crippen molar-refractivity contribution in [1.82, 2.24) is 9.29 Å². The highest BCUT2D eigenvalue weighted by molar-refractivity contribution is 7.89. The molecule has 38 heavy (non-hydrogen) atoms. The molecule has 0 radical (unpaired) electrons. The van der Waals surface area contributed by atoms with Crippen molar-refractivity contribution in [3.8, 4) is 5.75 Å². The van der Waals surface area contributed by atoms with E-state index in [-0.39, 0.29) is 23.4 Å². The second-order valence-corrected chi connectivity index (χ2v) is 12.5. The van der Waals surface area contributed by atoms with Crippen molar-refractivity contribution in [2.24, 2.45) is 0 Å². The topological polar surface area (TPSA) is 92.9 Å². The first-order valence-electron chi connectivity index (χ1n) is 12.7. The van der Waals surface area contributed by atoms with Gasteiger partial charge in [-0.05, 0) is 67.8 Å². The third-order valence-electron chi connectivity index (χ3n) is 7.15. The SMILES string of the molecule is COc1ccc(C)c2sc(N(Cc3ccco3)C(=O)c3ccc(S(=O)(=O)N(C)C4CCCCC4)cc3)nc12. The van der Waals surface area contributed by atoms with Gasteiger partial charge in [0.1, 0.15) is 17.0 Å². The smallest absolute Gasteiger partial charge is 0.260 e. The van der Waals surface area contributed by atoms with Crippen LogP contribution < -0.4 is 9.64 Å². The van der Waals surface area contributed by atoms with Crippen LogP contribution in [0.1, 0.15) is 53.8 Å². The van der Waals surface area contributed by atoms with E-state index in [1.807, 2.05) is 19.1 Å². The number of amides is 1. The Morgan fingerprint density at radius 3 is 2.50 bits per heavy atom. The standard InChI is InChI=1S/C28H31N3O5S2/c1-19-11-16-24(35-3)25-26(19)37-28(29-25)31(18-22-10-7-17-36-22)27(32)20-12-14-23(15-13-20)38(33,34)30(2)21-8-5-4-6-9-21/h7,10-17,21H,4-6,8-9,18H2,1-3H3. The van der Waals surface area contributed by atoms with Crippen LogP contribution in [0.3, 0.4) is 0 Å². The lowest BCUT2D eigenvalue weighted by molar-refractivity contribution is 0.0983. The first-order valence-corrected chi connectivity index (χ1v) is 14.9. The van der Waals surface area contributed by atoms with E-state index in [1.165, 1.54) is 27.8 Å². The highest BCUT2D eigenvalue weighted by Gasteiger charge is 2.30. The highest BCUT2D eigenvalue weighted by Crippen LogP contribution is 2.37. The molecule has 2 aromatic heterocycles. The third kappa shape index (κ3) is 5.08. The largest absolute Gasteiger partial charge is 0.494 e. The van der Waals surface area contributed by atoms with Crippen molar-refractivity contribution in [1.29, 1.82) is 0 Å². The molecule has 200 valence electrons. The van der Waals surface area contributed by atoms with E-state index in [9.17, 15) is 13.2 Å². The van der Waals surface area contributed by atoms with E-state index < -0.39 is 10.0 Å². The Morgan fingerprint density at radius 1 is 1.11 bits per heavy atom. The molecule has 0 saturated heterocycles. The van der Waals surface area contributed by atoms with E-state index in [2.05, 4.69) is 0 Å². The van der Waals surface area contributed by atoms with Crippen LogP contribution in [0.2, 0.25) is 0 Å². The summed E-state index contributed by atoms with van der Waals surface area (Å²) in [6.45, 7) is 2.17. The Labute approximate surface area is 226 Å². The number of sulfonamides is 1. The van der Waals surface area contributed by atoms with Crippen LogP contribution in [-0.2, 0) is 16.6 Å². The van der Waals surface area contributed by atoms with Gasteiger partial charge < -0.3 is 9.15 Å². The van der Waals surface area contributed by atoms with Gasteiger partial charge in [0.05, 0.1) is 29.5 Å². The van der Waals surface area contributed by atoms with Crippen LogP contribution in [0.5, 0.6) is 5.75 Å². The van der Waals surface area contributed by atoms with Crippen LogP contribution in [0, 0.1) is 6.92 Å². The van der Waals surface area contributed by atoms with Gasteiger partial charge in [0.25, 0.3) is 5.91 Å². The molecule has 1 saturated carbocycles. The molecule has 0 bridgehead atoms. The summed E-state index contributed by atoms with van der Waals surface area (Å²) in [6.07, 6.45) is 6.55. The Morgan fingerprint density at radius 2 is 1.84 bits per heavy atom. The van der Waals surface area contributed by atoms with Gasteiger partial charge in [-0.25, -0.2) is 13.4 Å². The van der Waals surface area contributed by atoms with Gasteiger partial charge in [-0.3, -0.25) is 9.69 Å². The lowest BCUT2D eigenvalue weighted by Crippen LogP contribution is -2.38. The molecule has 0 N–H and O–H groups in total. The quantitative estimate of drug-likeness (QED) is 0.265. The maximum atomic E-state index is 13.8. The van der Waals surface area contributed by atoms with Gasteiger partial charge >= 0.3 is 0 Å². The zero-order chi connectivity index (χ0) is 26.9. The second kappa shape index (κ2) is 10.9. The minimum atomic E-state index is -3.66. The van der Waals surface area contributed by atoms with Crippen molar-refractivity contribution in [3.63, 3.8) is 0 Å². The monoisotopic (exact) mass is 553 g/mol. The average Bonchev–Trinajstić information content (AvgIpc) is 3.62. The van der Waals surface area contributed by atoms with Crippen LogP contribution in [0.25, 0.3) is 10.2 Å². The van der Waals surface area contributed by atoms with E-state index >= 15 is 0 Å². The number of carbonyl (C=O) groups excluding carboxylic acids is 1. The highest BCUT2D eigenvalue weighted by atomic mass is 32.2. The normalized spacial score (nSPS) is 14.7. The average molecular weight is 554 g/mol. The van der Waals surface area contributed by atoms with Gasteiger partial charge in [0.15, 0.2) is 5.13 Å². The molecule has 0 spiro atoms. The summed E-state index contributed by atoms with van der Waals surface area (Å²) in [5, 5.41) is 0.503. The predicted octanol–water partition coefficient (Wildman–Crippen LogP) is 6.01. The van der Waals surface area contributed by atoms with Crippen molar-refractivity contribution in [2.45, 2.75) is 56.5 Å². The molecule has 8 nitrogen and oxygen atoms in total. The zero-order valence-corrected chi connectivity index (χ0v) is 23.3. The molecule has 1 amide bonds. The Bertz CT molecular complexity index is 1520. The van der Waals surface area contributed by atoms with Crippen molar-refractivity contribution in [3.05, 3.63) is 71.7 Å². The number of ether oxygens (including phenoxy) is 1. The fraction of sp³-hybridized carbons (Fsp3) is 0.357. The molecule has 0 aliphatic heterocycles. The van der Waals surface area contributed by atoms with E-state index in [1.54, 1.807) is 49.6 Å². The van der Waals surface area contributed by atoms with Gasteiger partial charge in [-0.2, -0.15) is 4.31 Å². The van der Waals surface area contributed by atoms with Gasteiger partial charge in [-0.1, -0.05) is 36.7 Å². The molecule has 0 atom stereocenters. The molecule has 1 aliphatic rings. The summed E-state index contributed by atoms with van der Waals surface area (Å²) in [4.78, 5) is 20.3. The summed E-state index contributed by atoms with van der Waals surface area (Å²) >= 11 is 1.40. The van der Waals surface area contributed by atoms with Crippen molar-refractivity contribution in [2.75, 3.05) is 19.1 Å². The Hall–Kier alpha value is -3.21. The molecule has 4 aromatic rings. The summed E-state index contributed by atoms with van der Waals surface area (Å²) in [5.41, 5.74) is 2.09. The van der Waals surface area contributed by atoms with Crippen LogP contribution in [-0.4, -0.2) is 43.8 Å². The van der Waals surface area contributed by atoms with E-state index in [0.717, 1.165) is 42.4 Å². The number of rotatable bonds is 8. The molecular weight excluding hydrogens is 522 g/mol. The van der Waals surface area contributed by atoms with Crippen LogP contribution >= 0.6 is 11.3 Å². The molecule has 2 aromatic carbocycles. The Kier molecular flexibility index (Phi) is 7.56. The minimum absolute atomic E-state index is 0.0123. The van der Waals surface area contributed by atoms with E-state index in [4.69, 9.17) is 14.1 Å². The molecular formula is C28H31N3O5S2. The third-order valence-corrected chi connectivity index (χ3v) is 10.3. The first kappa shape index (κ1) is 26.4. The molecule has 1 aliphatic carbocycles. The number of nitrogens with zero attached hydrogens (tertiary/aromatic N) is 3. The number of methoxy groups -OCH3 is 1. The number of hydrogen-bond acceptors (Lipinski definition) is 7. The predicted molar refractivity (Wildman–Crippen MR) is 148 cm³/mol. The molecule has 5 rings (SSSR count). The molecule has 1 fully saturated rings. The van der Waals surface area contributed by atoms with Gasteiger partial charge in [0, 0.05) is 18.7 Å². The number of thiazole rings is 1. The maximum absolute atomic E-state index is 13.8. The lowest BCUT2D eigenvalue weighted by Gasteiger charge is -2.30. The summed E-state index contributed by atoms with van der Waals surface area (Å²) in [7, 11) is -0.410. The number of hydrogen-bond donors (Lipinski definition) is 0. The number of benzene rings is 2. The number of carbonyl (C=O) groups is 1. The summed E-state index contributed by atoms with van der Waals surface area (Å²) in [6, 6.07) is 13.6. The summed E-state index contributed by atoms with van der Waals surface area (Å²) in [5.74, 6) is 0.936. The zero-order valence-electron chi connectivity index (χ0n) is 21.7. The van der Waals surface area contributed by atoms with Crippen LogP contribution in [0.4, 0.5) is 5.13 Å². The number of anilines is 1. The number of furan rings is 1.